The maximum atomic E-state index is 12.6. The second kappa shape index (κ2) is 10.3. The zero-order valence-electron chi connectivity index (χ0n) is 18.9. The molecule has 1 aliphatic rings. The van der Waals surface area contributed by atoms with Crippen molar-refractivity contribution in [3.8, 4) is 11.3 Å². The number of aromatic nitrogens is 3. The predicted octanol–water partition coefficient (Wildman–Crippen LogP) is 3.13. The lowest BCUT2D eigenvalue weighted by Crippen LogP contribution is -2.48. The van der Waals surface area contributed by atoms with E-state index in [4.69, 9.17) is 0 Å². The second-order valence-electron chi connectivity index (χ2n) is 8.31. The molecule has 1 aliphatic heterocycles. The summed E-state index contributed by atoms with van der Waals surface area (Å²) >= 11 is 0. The summed E-state index contributed by atoms with van der Waals surface area (Å²) in [4.78, 5) is 40.0. The summed E-state index contributed by atoms with van der Waals surface area (Å²) in [5, 5.41) is 5.64. The number of rotatable bonds is 5. The number of nitrogens with one attached hydrogen (secondary N) is 2. The Bertz CT molecular complexity index is 1100. The van der Waals surface area contributed by atoms with Crippen molar-refractivity contribution in [2.75, 3.05) is 18.4 Å². The summed E-state index contributed by atoms with van der Waals surface area (Å²) in [7, 11) is 0. The van der Waals surface area contributed by atoms with Crippen molar-refractivity contribution in [2.45, 2.75) is 38.8 Å². The first kappa shape index (κ1) is 22.5. The largest absolute Gasteiger partial charge is 0.345 e. The van der Waals surface area contributed by atoms with E-state index in [2.05, 4.69) is 37.4 Å². The topological polar surface area (TPSA) is 100 Å². The van der Waals surface area contributed by atoms with Gasteiger partial charge in [0.2, 0.25) is 0 Å². The number of likely N-dealkylation sites (tertiary alicyclic amines) is 1. The Labute approximate surface area is 193 Å². The Morgan fingerprint density at radius 3 is 2.45 bits per heavy atom. The number of nitrogens with zero attached hydrogens (tertiary/aromatic N) is 4. The van der Waals surface area contributed by atoms with Crippen molar-refractivity contribution in [3.63, 3.8) is 0 Å². The molecular formula is C25H28N6O2. The van der Waals surface area contributed by atoms with Crippen molar-refractivity contribution in [2.24, 2.45) is 0 Å². The average Bonchev–Trinajstić information content (AvgIpc) is 2.86. The molecule has 0 saturated carbocycles. The summed E-state index contributed by atoms with van der Waals surface area (Å²) in [6.07, 6.45) is 10.1. The molecule has 170 valence electrons. The molecule has 0 aliphatic carbocycles. The van der Waals surface area contributed by atoms with Crippen LogP contribution in [0, 0.1) is 6.92 Å². The van der Waals surface area contributed by atoms with E-state index in [9.17, 15) is 9.59 Å². The van der Waals surface area contributed by atoms with Gasteiger partial charge in [-0.3, -0.25) is 29.4 Å². The molecule has 1 saturated heterocycles. The highest BCUT2D eigenvalue weighted by atomic mass is 16.2. The summed E-state index contributed by atoms with van der Waals surface area (Å²) in [5.41, 5.74) is 4.19. The molecule has 1 aromatic carbocycles. The molecule has 3 heterocycles. The number of pyridine rings is 1. The maximum absolute atomic E-state index is 12.6. The van der Waals surface area contributed by atoms with Gasteiger partial charge in [-0.25, -0.2) is 0 Å². The van der Waals surface area contributed by atoms with Crippen LogP contribution in [0.1, 0.15) is 36.9 Å². The van der Waals surface area contributed by atoms with Gasteiger partial charge in [0.1, 0.15) is 0 Å². The van der Waals surface area contributed by atoms with E-state index in [0.29, 0.717) is 11.4 Å². The van der Waals surface area contributed by atoms with Gasteiger partial charge in [0.05, 0.1) is 11.9 Å². The molecule has 2 N–H and O–H groups in total. The Morgan fingerprint density at radius 2 is 1.76 bits per heavy atom. The number of amides is 2. The van der Waals surface area contributed by atoms with Gasteiger partial charge in [0, 0.05) is 61.2 Å². The van der Waals surface area contributed by atoms with Crippen LogP contribution in [0.15, 0.2) is 61.3 Å². The third-order valence-electron chi connectivity index (χ3n) is 6.15. The van der Waals surface area contributed by atoms with Gasteiger partial charge >= 0.3 is 11.8 Å². The fourth-order valence-corrected chi connectivity index (χ4v) is 4.08. The highest BCUT2D eigenvalue weighted by molar-refractivity contribution is 6.39. The van der Waals surface area contributed by atoms with Crippen molar-refractivity contribution in [3.05, 3.63) is 72.4 Å². The van der Waals surface area contributed by atoms with E-state index < -0.39 is 11.8 Å². The Balaban J connectivity index is 1.31. The first-order valence-electron chi connectivity index (χ1n) is 11.1. The van der Waals surface area contributed by atoms with Crippen LogP contribution in [0.4, 0.5) is 5.69 Å². The molecule has 4 rings (SSSR count). The predicted molar refractivity (Wildman–Crippen MR) is 126 cm³/mol. The fraction of sp³-hybridized carbons (Fsp3) is 0.320. The lowest BCUT2D eigenvalue weighted by molar-refractivity contribution is -0.136. The monoisotopic (exact) mass is 444 g/mol. The lowest BCUT2D eigenvalue weighted by atomic mass is 10.0. The van der Waals surface area contributed by atoms with E-state index in [1.807, 2.05) is 49.6 Å². The van der Waals surface area contributed by atoms with Gasteiger partial charge in [-0.1, -0.05) is 12.1 Å². The number of hydrogen-bond donors (Lipinski definition) is 2. The molecule has 8 nitrogen and oxygen atoms in total. The second-order valence-corrected chi connectivity index (χ2v) is 8.31. The van der Waals surface area contributed by atoms with E-state index in [1.165, 1.54) is 5.56 Å². The van der Waals surface area contributed by atoms with Crippen LogP contribution in [0.25, 0.3) is 11.3 Å². The fourth-order valence-electron chi connectivity index (χ4n) is 4.08. The van der Waals surface area contributed by atoms with Crippen LogP contribution >= 0.6 is 0 Å². The quantitative estimate of drug-likeness (QED) is 0.587. The molecule has 8 heteroatoms. The average molecular weight is 445 g/mol. The van der Waals surface area contributed by atoms with Gasteiger partial charge in [0.25, 0.3) is 0 Å². The third-order valence-corrected chi connectivity index (χ3v) is 6.15. The summed E-state index contributed by atoms with van der Waals surface area (Å²) in [5.74, 6) is -1.28. The molecule has 0 radical (unpaired) electrons. The minimum atomic E-state index is -0.665. The number of anilines is 1. The summed E-state index contributed by atoms with van der Waals surface area (Å²) in [6, 6.07) is 9.94. The molecule has 1 atom stereocenters. The smallest absolute Gasteiger partial charge is 0.313 e. The van der Waals surface area contributed by atoms with Gasteiger partial charge in [-0.05, 0) is 56.0 Å². The number of carbonyl (C=O) groups excluding carboxylic acids is 2. The SMILES string of the molecule is Cc1ccc(-c2cnccn2)cc1NC(=O)C(=O)NC1CCN(C(C)c2ccncc2)CC1. The molecule has 3 aromatic rings. The minimum absolute atomic E-state index is 0.0174. The zero-order valence-corrected chi connectivity index (χ0v) is 18.9. The Morgan fingerprint density at radius 1 is 1.00 bits per heavy atom. The van der Waals surface area contributed by atoms with E-state index >= 15 is 0 Å². The number of hydrogen-bond acceptors (Lipinski definition) is 6. The van der Waals surface area contributed by atoms with E-state index in [-0.39, 0.29) is 12.1 Å². The minimum Gasteiger partial charge on any atom is -0.345 e. The molecule has 0 bridgehead atoms. The number of piperidine rings is 1. The normalized spacial score (nSPS) is 15.6. The van der Waals surface area contributed by atoms with Crippen molar-refractivity contribution in [1.29, 1.82) is 0 Å². The molecule has 1 fully saturated rings. The molecular weight excluding hydrogens is 416 g/mol. The Kier molecular flexibility index (Phi) is 7.04. The molecule has 2 amide bonds. The summed E-state index contributed by atoms with van der Waals surface area (Å²) < 4.78 is 0. The van der Waals surface area contributed by atoms with Crippen molar-refractivity contribution in [1.82, 2.24) is 25.2 Å². The standard InChI is InChI=1S/C25H28N6O2/c1-17-3-4-20(23-16-27-11-12-28-23)15-22(17)30-25(33)24(32)29-21-7-13-31(14-8-21)18(2)19-5-9-26-10-6-19/h3-6,9-12,15-16,18,21H,7-8,13-14H2,1-2H3,(H,29,32)(H,30,33). The first-order chi connectivity index (χ1) is 16.0. The van der Waals surface area contributed by atoms with Gasteiger partial charge in [0.15, 0.2) is 0 Å². The molecule has 0 spiro atoms. The first-order valence-corrected chi connectivity index (χ1v) is 11.1. The Hall–Kier alpha value is -3.65. The van der Waals surface area contributed by atoms with Crippen LogP contribution in [-0.2, 0) is 9.59 Å². The molecule has 33 heavy (non-hydrogen) atoms. The number of carbonyl (C=O) groups is 2. The molecule has 2 aromatic heterocycles. The van der Waals surface area contributed by atoms with Gasteiger partial charge in [-0.15, -0.1) is 0 Å². The zero-order chi connectivity index (χ0) is 23.2. The van der Waals surface area contributed by atoms with Gasteiger partial charge in [-0.2, -0.15) is 0 Å². The van der Waals surface area contributed by atoms with Crippen LogP contribution in [0.2, 0.25) is 0 Å². The van der Waals surface area contributed by atoms with Gasteiger partial charge < -0.3 is 10.6 Å². The van der Waals surface area contributed by atoms with Crippen LogP contribution in [-0.4, -0.2) is 50.8 Å². The van der Waals surface area contributed by atoms with E-state index in [0.717, 1.165) is 37.1 Å². The third kappa shape index (κ3) is 5.59. The van der Waals surface area contributed by atoms with Crippen LogP contribution in [0.5, 0.6) is 0 Å². The number of benzene rings is 1. The highest BCUT2D eigenvalue weighted by Crippen LogP contribution is 2.25. The lowest BCUT2D eigenvalue weighted by Gasteiger charge is -2.36. The van der Waals surface area contributed by atoms with Crippen molar-refractivity contribution < 1.29 is 9.59 Å². The highest BCUT2D eigenvalue weighted by Gasteiger charge is 2.26. The maximum Gasteiger partial charge on any atom is 0.313 e. The van der Waals surface area contributed by atoms with Crippen molar-refractivity contribution >= 4 is 17.5 Å². The van der Waals surface area contributed by atoms with E-state index in [1.54, 1.807) is 18.6 Å². The molecule has 1 unspecified atom stereocenters. The summed E-state index contributed by atoms with van der Waals surface area (Å²) in [6.45, 7) is 5.78. The van der Waals surface area contributed by atoms with Crippen LogP contribution in [0.3, 0.4) is 0 Å². The van der Waals surface area contributed by atoms with Crippen LogP contribution < -0.4 is 10.6 Å². The number of aryl methyl sites for hydroxylation is 1.